The largest absolute Gasteiger partial charge is 0.396 e. The van der Waals surface area contributed by atoms with Crippen LogP contribution in [-0.4, -0.2) is 28.6 Å². The number of nitrogens with zero attached hydrogens (tertiary/aromatic N) is 1. The number of benzene rings is 1. The lowest BCUT2D eigenvalue weighted by Crippen LogP contribution is -2.39. The summed E-state index contributed by atoms with van der Waals surface area (Å²) in [6, 6.07) is 9.29. The van der Waals surface area contributed by atoms with Gasteiger partial charge in [-0.05, 0) is 24.5 Å². The number of carbonyl (C=O) groups excluding carboxylic acids is 1. The SMILES string of the molecule is CC(C)C(CCO)NC(=O)c1ccnc2ccccc12. The molecule has 0 radical (unpaired) electrons. The Bertz CT molecular complexity index is 591. The highest BCUT2D eigenvalue weighted by Gasteiger charge is 2.18. The van der Waals surface area contributed by atoms with Crippen LogP contribution >= 0.6 is 0 Å². The predicted octanol–water partition coefficient (Wildman–Crippen LogP) is 2.37. The third-order valence-electron chi connectivity index (χ3n) is 3.46. The van der Waals surface area contributed by atoms with Crippen molar-refractivity contribution in [2.24, 2.45) is 5.92 Å². The number of hydrogen-bond donors (Lipinski definition) is 2. The molecule has 0 aliphatic heterocycles. The second-order valence-electron chi connectivity index (χ2n) is 5.21. The molecular weight excluding hydrogens is 252 g/mol. The summed E-state index contributed by atoms with van der Waals surface area (Å²) in [6.07, 6.45) is 2.21. The average molecular weight is 272 g/mol. The Morgan fingerprint density at radius 1 is 1.30 bits per heavy atom. The molecule has 0 saturated carbocycles. The van der Waals surface area contributed by atoms with Gasteiger partial charge in [-0.2, -0.15) is 0 Å². The zero-order valence-electron chi connectivity index (χ0n) is 11.8. The van der Waals surface area contributed by atoms with Crippen molar-refractivity contribution in [2.45, 2.75) is 26.3 Å². The van der Waals surface area contributed by atoms with E-state index in [9.17, 15) is 4.79 Å². The van der Waals surface area contributed by atoms with E-state index in [0.29, 0.717) is 12.0 Å². The van der Waals surface area contributed by atoms with Gasteiger partial charge in [0.1, 0.15) is 0 Å². The van der Waals surface area contributed by atoms with Crippen molar-refractivity contribution in [3.05, 3.63) is 42.1 Å². The Labute approximate surface area is 118 Å². The zero-order valence-corrected chi connectivity index (χ0v) is 11.8. The number of fused-ring (bicyclic) bond motifs is 1. The molecule has 0 bridgehead atoms. The van der Waals surface area contributed by atoms with E-state index in [1.54, 1.807) is 12.3 Å². The number of aliphatic hydroxyl groups is 1. The lowest BCUT2D eigenvalue weighted by molar-refractivity contribution is 0.0918. The Hall–Kier alpha value is -1.94. The molecule has 2 rings (SSSR count). The van der Waals surface area contributed by atoms with Crippen molar-refractivity contribution in [1.82, 2.24) is 10.3 Å². The van der Waals surface area contributed by atoms with Gasteiger partial charge < -0.3 is 10.4 Å². The highest BCUT2D eigenvalue weighted by molar-refractivity contribution is 6.06. The van der Waals surface area contributed by atoms with Crippen molar-refractivity contribution in [1.29, 1.82) is 0 Å². The highest BCUT2D eigenvalue weighted by Crippen LogP contribution is 2.17. The number of pyridine rings is 1. The Morgan fingerprint density at radius 3 is 2.75 bits per heavy atom. The summed E-state index contributed by atoms with van der Waals surface area (Å²) < 4.78 is 0. The molecule has 106 valence electrons. The van der Waals surface area contributed by atoms with Crippen LogP contribution in [0.5, 0.6) is 0 Å². The maximum Gasteiger partial charge on any atom is 0.252 e. The summed E-state index contributed by atoms with van der Waals surface area (Å²) in [4.78, 5) is 16.7. The van der Waals surface area contributed by atoms with E-state index < -0.39 is 0 Å². The predicted molar refractivity (Wildman–Crippen MR) is 79.5 cm³/mol. The molecule has 1 aromatic carbocycles. The molecule has 1 unspecified atom stereocenters. The second-order valence-corrected chi connectivity index (χ2v) is 5.21. The van der Waals surface area contributed by atoms with Crippen LogP contribution in [0.3, 0.4) is 0 Å². The fraction of sp³-hybridized carbons (Fsp3) is 0.375. The van der Waals surface area contributed by atoms with Crippen LogP contribution < -0.4 is 5.32 Å². The van der Waals surface area contributed by atoms with Gasteiger partial charge in [0, 0.05) is 24.2 Å². The van der Waals surface area contributed by atoms with Crippen molar-refractivity contribution in [2.75, 3.05) is 6.61 Å². The Balaban J connectivity index is 2.27. The zero-order chi connectivity index (χ0) is 14.5. The molecular formula is C16H20N2O2. The van der Waals surface area contributed by atoms with E-state index in [-0.39, 0.29) is 24.5 Å². The molecule has 0 aliphatic carbocycles. The lowest BCUT2D eigenvalue weighted by atomic mass is 10.0. The Kier molecular flexibility index (Phi) is 4.69. The van der Waals surface area contributed by atoms with Gasteiger partial charge in [-0.15, -0.1) is 0 Å². The molecule has 2 aromatic rings. The van der Waals surface area contributed by atoms with Crippen LogP contribution in [0, 0.1) is 5.92 Å². The monoisotopic (exact) mass is 272 g/mol. The first-order valence-electron chi connectivity index (χ1n) is 6.89. The summed E-state index contributed by atoms with van der Waals surface area (Å²) in [5.41, 5.74) is 1.43. The number of aromatic nitrogens is 1. The molecule has 0 spiro atoms. The second kappa shape index (κ2) is 6.48. The van der Waals surface area contributed by atoms with E-state index in [4.69, 9.17) is 5.11 Å². The van der Waals surface area contributed by atoms with Crippen molar-refractivity contribution in [3.63, 3.8) is 0 Å². The van der Waals surface area contributed by atoms with E-state index in [2.05, 4.69) is 10.3 Å². The van der Waals surface area contributed by atoms with Crippen LogP contribution in [0.25, 0.3) is 10.9 Å². The van der Waals surface area contributed by atoms with Crippen molar-refractivity contribution >= 4 is 16.8 Å². The molecule has 1 atom stereocenters. The number of aliphatic hydroxyl groups excluding tert-OH is 1. The van der Waals surface area contributed by atoms with Crippen molar-refractivity contribution in [3.8, 4) is 0 Å². The molecule has 20 heavy (non-hydrogen) atoms. The van der Waals surface area contributed by atoms with Gasteiger partial charge in [0.15, 0.2) is 0 Å². The summed E-state index contributed by atoms with van der Waals surface area (Å²) in [5, 5.41) is 12.9. The number of hydrogen-bond acceptors (Lipinski definition) is 3. The van der Waals surface area contributed by atoms with E-state index >= 15 is 0 Å². The fourth-order valence-corrected chi connectivity index (χ4v) is 2.25. The third kappa shape index (κ3) is 3.14. The van der Waals surface area contributed by atoms with Gasteiger partial charge in [0.2, 0.25) is 0 Å². The molecule has 1 heterocycles. The molecule has 2 N–H and O–H groups in total. The van der Waals surface area contributed by atoms with Gasteiger partial charge in [-0.25, -0.2) is 0 Å². The number of rotatable bonds is 5. The van der Waals surface area contributed by atoms with Crippen LogP contribution in [-0.2, 0) is 0 Å². The molecule has 0 saturated heterocycles. The topological polar surface area (TPSA) is 62.2 Å². The lowest BCUT2D eigenvalue weighted by Gasteiger charge is -2.21. The first-order chi connectivity index (χ1) is 9.63. The van der Waals surface area contributed by atoms with Gasteiger partial charge >= 0.3 is 0 Å². The molecule has 1 amide bonds. The van der Waals surface area contributed by atoms with Gasteiger partial charge in [-0.1, -0.05) is 32.0 Å². The quantitative estimate of drug-likeness (QED) is 0.878. The summed E-state index contributed by atoms with van der Waals surface area (Å²) in [5.74, 6) is 0.162. The van der Waals surface area contributed by atoms with Crippen LogP contribution in [0.15, 0.2) is 36.5 Å². The summed E-state index contributed by atoms with van der Waals surface area (Å²) in [7, 11) is 0. The first kappa shape index (κ1) is 14.5. The summed E-state index contributed by atoms with van der Waals surface area (Å²) >= 11 is 0. The van der Waals surface area contributed by atoms with Gasteiger partial charge in [-0.3, -0.25) is 9.78 Å². The minimum absolute atomic E-state index is 0.0283. The van der Waals surface area contributed by atoms with Gasteiger partial charge in [0.25, 0.3) is 5.91 Å². The van der Waals surface area contributed by atoms with Crippen LogP contribution in [0.2, 0.25) is 0 Å². The standard InChI is InChI=1S/C16H20N2O2/c1-11(2)14(8-10-19)18-16(20)13-7-9-17-15-6-4-3-5-12(13)15/h3-7,9,11,14,19H,8,10H2,1-2H3,(H,18,20). The summed E-state index contributed by atoms with van der Waals surface area (Å²) in [6.45, 7) is 4.14. The maximum absolute atomic E-state index is 12.4. The normalized spacial score (nSPS) is 12.6. The molecule has 1 aromatic heterocycles. The number of amides is 1. The first-order valence-corrected chi connectivity index (χ1v) is 6.89. The van der Waals surface area contributed by atoms with E-state index in [0.717, 1.165) is 10.9 Å². The van der Waals surface area contributed by atoms with Crippen LogP contribution in [0.1, 0.15) is 30.6 Å². The molecule has 0 fully saturated rings. The molecule has 4 nitrogen and oxygen atoms in total. The fourth-order valence-electron chi connectivity index (χ4n) is 2.25. The molecule has 0 aliphatic rings. The maximum atomic E-state index is 12.4. The highest BCUT2D eigenvalue weighted by atomic mass is 16.3. The smallest absolute Gasteiger partial charge is 0.252 e. The number of para-hydroxylation sites is 1. The third-order valence-corrected chi connectivity index (χ3v) is 3.46. The minimum atomic E-state index is -0.115. The van der Waals surface area contributed by atoms with Gasteiger partial charge in [0.05, 0.1) is 11.1 Å². The number of nitrogens with one attached hydrogen (secondary N) is 1. The number of carbonyl (C=O) groups is 1. The van der Waals surface area contributed by atoms with E-state index in [1.807, 2.05) is 38.1 Å². The Morgan fingerprint density at radius 2 is 2.05 bits per heavy atom. The molecule has 4 heteroatoms. The van der Waals surface area contributed by atoms with E-state index in [1.165, 1.54) is 0 Å². The minimum Gasteiger partial charge on any atom is -0.396 e. The van der Waals surface area contributed by atoms with Crippen molar-refractivity contribution < 1.29 is 9.90 Å². The average Bonchev–Trinajstić information content (AvgIpc) is 2.46. The van der Waals surface area contributed by atoms with Crippen LogP contribution in [0.4, 0.5) is 0 Å².